The Morgan fingerprint density at radius 3 is 2.38 bits per heavy atom. The minimum absolute atomic E-state index is 0. The van der Waals surface area contributed by atoms with Crippen molar-refractivity contribution in [3.63, 3.8) is 0 Å². The molecular formula is C16H15ClN3O3S-. The zero-order chi connectivity index (χ0) is 16.4. The Morgan fingerprint density at radius 2 is 1.75 bits per heavy atom. The third kappa shape index (κ3) is 3.81. The monoisotopic (exact) mass is 364 g/mol. The van der Waals surface area contributed by atoms with Crippen LogP contribution in [0, 0.1) is 0 Å². The van der Waals surface area contributed by atoms with Gasteiger partial charge in [0.1, 0.15) is 0 Å². The molecule has 0 aliphatic carbocycles. The highest BCUT2D eigenvalue weighted by Crippen LogP contribution is 2.18. The van der Waals surface area contributed by atoms with E-state index >= 15 is 0 Å². The van der Waals surface area contributed by atoms with Gasteiger partial charge in [-0.05, 0) is 23.8 Å². The molecule has 8 heteroatoms. The summed E-state index contributed by atoms with van der Waals surface area (Å²) < 4.78 is 24.9. The van der Waals surface area contributed by atoms with Gasteiger partial charge in [-0.15, -0.1) is 12.4 Å². The molecule has 1 heterocycles. The predicted octanol–water partition coefficient (Wildman–Crippen LogP) is 2.15. The first-order chi connectivity index (χ1) is 11.0. The first-order valence-corrected chi connectivity index (χ1v) is 8.02. The number of rotatable bonds is 4. The van der Waals surface area contributed by atoms with Gasteiger partial charge in [0.05, 0.1) is 11.1 Å². The minimum atomic E-state index is -2.34. The van der Waals surface area contributed by atoms with E-state index in [1.165, 1.54) is 4.68 Å². The summed E-state index contributed by atoms with van der Waals surface area (Å²) in [5.41, 5.74) is 2.15. The van der Waals surface area contributed by atoms with Crippen LogP contribution in [0.5, 0.6) is 0 Å². The van der Waals surface area contributed by atoms with Crippen molar-refractivity contribution in [1.29, 1.82) is 0 Å². The Labute approximate surface area is 147 Å². The number of benzene rings is 2. The van der Waals surface area contributed by atoms with Gasteiger partial charge in [0.25, 0.3) is 5.56 Å². The van der Waals surface area contributed by atoms with Crippen LogP contribution in [-0.4, -0.2) is 18.5 Å². The van der Waals surface area contributed by atoms with E-state index in [2.05, 4.69) is 9.82 Å². The molecular weight excluding hydrogens is 350 g/mol. The normalized spacial score (nSPS) is 11.8. The summed E-state index contributed by atoms with van der Waals surface area (Å²) >= 11 is -2.34. The molecule has 6 nitrogen and oxygen atoms in total. The number of hydrogen-bond acceptors (Lipinski definition) is 4. The third-order valence-corrected chi connectivity index (χ3v) is 3.96. The number of fused-ring (bicyclic) bond motifs is 1. The summed E-state index contributed by atoms with van der Waals surface area (Å²) in [7, 11) is 1.63. The molecule has 2 aromatic carbocycles. The van der Waals surface area contributed by atoms with Crippen molar-refractivity contribution in [3.8, 4) is 0 Å². The molecule has 0 fully saturated rings. The Bertz CT molecular complexity index is 941. The number of nitrogens with zero attached hydrogens (tertiary/aromatic N) is 2. The van der Waals surface area contributed by atoms with Crippen molar-refractivity contribution in [2.75, 3.05) is 4.72 Å². The fourth-order valence-corrected chi connectivity index (χ4v) is 2.82. The van der Waals surface area contributed by atoms with Crippen LogP contribution in [0.15, 0.2) is 53.3 Å². The molecule has 24 heavy (non-hydrogen) atoms. The van der Waals surface area contributed by atoms with Crippen molar-refractivity contribution >= 4 is 40.1 Å². The van der Waals surface area contributed by atoms with Crippen LogP contribution in [0.2, 0.25) is 0 Å². The number of halogens is 1. The predicted molar refractivity (Wildman–Crippen MR) is 96.0 cm³/mol. The van der Waals surface area contributed by atoms with Gasteiger partial charge in [-0.25, -0.2) is 4.68 Å². The Kier molecular flexibility index (Phi) is 5.71. The number of hydrogen-bond donors (Lipinski definition) is 1. The highest BCUT2D eigenvalue weighted by Gasteiger charge is 2.09. The van der Waals surface area contributed by atoms with Crippen LogP contribution in [0.25, 0.3) is 10.8 Å². The Morgan fingerprint density at radius 1 is 1.12 bits per heavy atom. The summed E-state index contributed by atoms with van der Waals surface area (Å²) in [4.78, 5) is 12.1. The highest BCUT2D eigenvalue weighted by atomic mass is 35.5. The van der Waals surface area contributed by atoms with Gasteiger partial charge in [-0.3, -0.25) is 9.00 Å². The average molecular weight is 365 g/mol. The fraction of sp³-hybridized carbons (Fsp3) is 0.125. The SMILES string of the molecule is Cl.Cn1nc(Cc2ccc(NS(=O)[O-])cc2)c2ccccc2c1=O. The third-order valence-electron chi connectivity index (χ3n) is 3.56. The van der Waals surface area contributed by atoms with Crippen molar-refractivity contribution in [1.82, 2.24) is 9.78 Å². The van der Waals surface area contributed by atoms with E-state index in [1.54, 1.807) is 25.2 Å². The van der Waals surface area contributed by atoms with Gasteiger partial charge in [-0.1, -0.05) is 30.3 Å². The van der Waals surface area contributed by atoms with E-state index in [4.69, 9.17) is 0 Å². The van der Waals surface area contributed by atoms with Crippen molar-refractivity contribution < 1.29 is 8.76 Å². The van der Waals surface area contributed by atoms with E-state index in [1.807, 2.05) is 30.3 Å². The van der Waals surface area contributed by atoms with E-state index in [0.717, 1.165) is 16.6 Å². The molecule has 3 aromatic rings. The molecule has 0 aliphatic rings. The standard InChI is InChI=1S/C16H15N3O3S.ClH/c1-19-16(20)14-5-3-2-4-13(14)15(17-19)10-11-6-8-12(9-7-11)18-23(21)22;/h2-9,18H,10H2,1H3,(H,21,22);1H/p-1. The minimum Gasteiger partial charge on any atom is -0.755 e. The molecule has 0 radical (unpaired) electrons. The average Bonchev–Trinajstić information content (AvgIpc) is 2.54. The summed E-state index contributed by atoms with van der Waals surface area (Å²) in [5.74, 6) is 0. The second kappa shape index (κ2) is 7.57. The molecule has 0 saturated heterocycles. The van der Waals surface area contributed by atoms with Crippen LogP contribution in [0.3, 0.4) is 0 Å². The Hall–Kier alpha value is -2.22. The van der Waals surface area contributed by atoms with E-state index in [-0.39, 0.29) is 18.0 Å². The van der Waals surface area contributed by atoms with E-state index in [0.29, 0.717) is 17.5 Å². The lowest BCUT2D eigenvalue weighted by atomic mass is 10.0. The zero-order valence-electron chi connectivity index (χ0n) is 12.8. The van der Waals surface area contributed by atoms with Crippen LogP contribution in [0.4, 0.5) is 5.69 Å². The molecule has 0 spiro atoms. The van der Waals surface area contributed by atoms with Gasteiger partial charge in [-0.2, -0.15) is 5.10 Å². The van der Waals surface area contributed by atoms with Gasteiger partial charge in [0, 0.05) is 35.8 Å². The van der Waals surface area contributed by atoms with Crippen molar-refractivity contribution in [2.45, 2.75) is 6.42 Å². The topological polar surface area (TPSA) is 87.1 Å². The number of aromatic nitrogens is 2. The van der Waals surface area contributed by atoms with Gasteiger partial charge in [0.2, 0.25) is 0 Å². The largest absolute Gasteiger partial charge is 0.755 e. The second-order valence-corrected chi connectivity index (χ2v) is 5.81. The number of nitrogens with one attached hydrogen (secondary N) is 1. The lowest BCUT2D eigenvalue weighted by molar-refractivity contribution is 0.542. The summed E-state index contributed by atoms with van der Waals surface area (Å²) in [6.07, 6.45) is 0.551. The first kappa shape index (κ1) is 18.1. The quantitative estimate of drug-likeness (QED) is 0.718. The molecule has 0 saturated carbocycles. The van der Waals surface area contributed by atoms with Crippen LogP contribution >= 0.6 is 12.4 Å². The molecule has 3 rings (SSSR count). The van der Waals surface area contributed by atoms with Gasteiger partial charge in [0.15, 0.2) is 0 Å². The maximum Gasteiger partial charge on any atom is 0.274 e. The first-order valence-electron chi connectivity index (χ1n) is 6.94. The van der Waals surface area contributed by atoms with Crippen LogP contribution in [-0.2, 0) is 24.7 Å². The lowest BCUT2D eigenvalue weighted by Crippen LogP contribution is -2.21. The van der Waals surface area contributed by atoms with Gasteiger partial charge >= 0.3 is 0 Å². The van der Waals surface area contributed by atoms with Crippen molar-refractivity contribution in [3.05, 3.63) is 70.1 Å². The summed E-state index contributed by atoms with van der Waals surface area (Å²) in [5, 5.41) is 5.83. The van der Waals surface area contributed by atoms with Gasteiger partial charge < -0.3 is 9.27 Å². The molecule has 1 aromatic heterocycles. The molecule has 0 bridgehead atoms. The van der Waals surface area contributed by atoms with Crippen LogP contribution in [0.1, 0.15) is 11.3 Å². The highest BCUT2D eigenvalue weighted by molar-refractivity contribution is 7.80. The molecule has 0 amide bonds. The number of aryl methyl sites for hydroxylation is 1. The molecule has 0 aliphatic heterocycles. The Balaban J connectivity index is 0.00000208. The van der Waals surface area contributed by atoms with E-state index < -0.39 is 11.3 Å². The van der Waals surface area contributed by atoms with Crippen molar-refractivity contribution in [2.24, 2.45) is 7.05 Å². The second-order valence-electron chi connectivity index (χ2n) is 5.13. The van der Waals surface area contributed by atoms with E-state index in [9.17, 15) is 13.6 Å². The summed E-state index contributed by atoms with van der Waals surface area (Å²) in [6.45, 7) is 0. The smallest absolute Gasteiger partial charge is 0.274 e. The maximum atomic E-state index is 12.1. The molecule has 1 atom stereocenters. The van der Waals surface area contributed by atoms with Crippen LogP contribution < -0.4 is 10.3 Å². The lowest BCUT2D eigenvalue weighted by Gasteiger charge is -2.10. The maximum absolute atomic E-state index is 12.1. The molecule has 126 valence electrons. The molecule has 1 unspecified atom stereocenters. The molecule has 1 N–H and O–H groups in total. The fourth-order valence-electron chi connectivity index (χ4n) is 2.49. The number of anilines is 1. The summed E-state index contributed by atoms with van der Waals surface area (Å²) in [6, 6.07) is 14.4. The zero-order valence-corrected chi connectivity index (χ0v) is 14.4.